The van der Waals surface area contributed by atoms with E-state index in [1.165, 1.54) is 64.6 Å². The highest BCUT2D eigenvalue weighted by molar-refractivity contribution is 4.72. The van der Waals surface area contributed by atoms with Crippen LogP contribution in [0.25, 0.3) is 0 Å². The summed E-state index contributed by atoms with van der Waals surface area (Å²) in [5.74, 6) is 0. The largest absolute Gasteiger partial charge is 0.312 e. The topological polar surface area (TPSA) is 15.3 Å². The molecular weight excluding hydrogens is 220 g/mol. The molecule has 1 saturated heterocycles. The average Bonchev–Trinajstić information content (AvgIpc) is 2.47. The molecule has 0 aromatic carbocycles. The molecule has 1 N–H and O–H groups in total. The molecular formula is C16H34N2. The molecule has 2 heteroatoms. The molecule has 0 spiro atoms. The molecule has 1 atom stereocenters. The van der Waals surface area contributed by atoms with Crippen molar-refractivity contribution in [3.05, 3.63) is 0 Å². The summed E-state index contributed by atoms with van der Waals surface area (Å²) in [4.78, 5) is 2.71. The summed E-state index contributed by atoms with van der Waals surface area (Å²) in [6, 6.07) is 0.820. The molecule has 1 fully saturated rings. The Bertz CT molecular complexity index is 208. The zero-order valence-electron chi connectivity index (χ0n) is 13.1. The molecule has 0 aromatic heterocycles. The second-order valence-electron chi connectivity index (χ2n) is 6.97. The molecule has 0 aromatic rings. The average molecular weight is 254 g/mol. The van der Waals surface area contributed by atoms with Crippen LogP contribution >= 0.6 is 0 Å². The van der Waals surface area contributed by atoms with Gasteiger partial charge in [-0.3, -0.25) is 0 Å². The molecule has 0 bridgehead atoms. The summed E-state index contributed by atoms with van der Waals surface area (Å²) >= 11 is 0. The quantitative estimate of drug-likeness (QED) is 0.725. The smallest absolute Gasteiger partial charge is 0.00965 e. The maximum atomic E-state index is 3.57. The van der Waals surface area contributed by atoms with Gasteiger partial charge in [0.15, 0.2) is 0 Å². The lowest BCUT2D eigenvalue weighted by molar-refractivity contribution is 0.209. The van der Waals surface area contributed by atoms with E-state index < -0.39 is 0 Å². The van der Waals surface area contributed by atoms with Crippen molar-refractivity contribution in [1.82, 2.24) is 10.2 Å². The Balaban J connectivity index is 2.03. The van der Waals surface area contributed by atoms with Crippen LogP contribution in [-0.2, 0) is 0 Å². The van der Waals surface area contributed by atoms with Gasteiger partial charge < -0.3 is 10.2 Å². The maximum Gasteiger partial charge on any atom is 0.00965 e. The molecule has 0 aliphatic carbocycles. The fourth-order valence-corrected chi connectivity index (χ4v) is 2.75. The van der Waals surface area contributed by atoms with Gasteiger partial charge in [-0.05, 0) is 73.0 Å². The lowest BCUT2D eigenvalue weighted by Crippen LogP contribution is -2.36. The first-order valence-electron chi connectivity index (χ1n) is 7.98. The molecule has 1 heterocycles. The molecule has 1 aliphatic rings. The molecule has 18 heavy (non-hydrogen) atoms. The van der Waals surface area contributed by atoms with Crippen LogP contribution < -0.4 is 5.32 Å². The van der Waals surface area contributed by atoms with Crippen molar-refractivity contribution in [2.45, 2.75) is 84.2 Å². The first kappa shape index (κ1) is 16.0. The Kier molecular flexibility index (Phi) is 7.25. The van der Waals surface area contributed by atoms with Gasteiger partial charge in [0, 0.05) is 11.6 Å². The summed E-state index contributed by atoms with van der Waals surface area (Å²) in [5, 5.41) is 3.57. The van der Waals surface area contributed by atoms with E-state index in [-0.39, 0.29) is 5.54 Å². The SMILES string of the molecule is CC1CCCCCN1CCCCCNC(C)(C)C. The predicted molar refractivity (Wildman–Crippen MR) is 81.1 cm³/mol. The van der Waals surface area contributed by atoms with Crippen molar-refractivity contribution in [3.8, 4) is 0 Å². The Morgan fingerprint density at radius 1 is 1.06 bits per heavy atom. The molecule has 108 valence electrons. The minimum atomic E-state index is 0.277. The van der Waals surface area contributed by atoms with E-state index in [9.17, 15) is 0 Å². The highest BCUT2D eigenvalue weighted by atomic mass is 15.1. The normalized spacial score (nSPS) is 23.0. The van der Waals surface area contributed by atoms with Gasteiger partial charge in [0.05, 0.1) is 0 Å². The summed E-state index contributed by atoms with van der Waals surface area (Å²) in [6.07, 6.45) is 9.76. The number of hydrogen-bond donors (Lipinski definition) is 1. The first-order valence-corrected chi connectivity index (χ1v) is 7.98. The first-order chi connectivity index (χ1) is 8.49. The van der Waals surface area contributed by atoms with E-state index >= 15 is 0 Å². The fourth-order valence-electron chi connectivity index (χ4n) is 2.75. The number of nitrogens with zero attached hydrogens (tertiary/aromatic N) is 1. The van der Waals surface area contributed by atoms with Crippen molar-refractivity contribution >= 4 is 0 Å². The monoisotopic (exact) mass is 254 g/mol. The van der Waals surface area contributed by atoms with Crippen LogP contribution in [0, 0.1) is 0 Å². The summed E-state index contributed by atoms with van der Waals surface area (Å²) in [7, 11) is 0. The number of hydrogen-bond acceptors (Lipinski definition) is 2. The van der Waals surface area contributed by atoms with Crippen molar-refractivity contribution in [3.63, 3.8) is 0 Å². The molecule has 1 aliphatic heterocycles. The van der Waals surface area contributed by atoms with Gasteiger partial charge in [-0.25, -0.2) is 0 Å². The zero-order valence-corrected chi connectivity index (χ0v) is 13.1. The minimum absolute atomic E-state index is 0.277. The Hall–Kier alpha value is -0.0800. The standard InChI is InChI=1S/C16H34N2/c1-15-11-7-5-9-13-18(15)14-10-6-8-12-17-16(2,3)4/h15,17H,5-14H2,1-4H3. The van der Waals surface area contributed by atoms with Crippen LogP contribution in [0.2, 0.25) is 0 Å². The second-order valence-corrected chi connectivity index (χ2v) is 6.97. The van der Waals surface area contributed by atoms with Crippen LogP contribution in [0.3, 0.4) is 0 Å². The third-order valence-corrected chi connectivity index (χ3v) is 3.97. The van der Waals surface area contributed by atoms with Gasteiger partial charge in [0.25, 0.3) is 0 Å². The van der Waals surface area contributed by atoms with E-state index in [1.807, 2.05) is 0 Å². The van der Waals surface area contributed by atoms with Gasteiger partial charge in [0.2, 0.25) is 0 Å². The van der Waals surface area contributed by atoms with Crippen molar-refractivity contribution in [2.75, 3.05) is 19.6 Å². The Morgan fingerprint density at radius 3 is 2.56 bits per heavy atom. The molecule has 0 saturated carbocycles. The van der Waals surface area contributed by atoms with E-state index in [0.29, 0.717) is 0 Å². The molecule has 0 amide bonds. The maximum absolute atomic E-state index is 3.57. The van der Waals surface area contributed by atoms with E-state index in [4.69, 9.17) is 0 Å². The summed E-state index contributed by atoms with van der Waals surface area (Å²) in [6.45, 7) is 13.0. The molecule has 0 radical (unpaired) electrons. The van der Waals surface area contributed by atoms with Crippen LogP contribution in [0.5, 0.6) is 0 Å². The van der Waals surface area contributed by atoms with Crippen molar-refractivity contribution < 1.29 is 0 Å². The van der Waals surface area contributed by atoms with Crippen molar-refractivity contribution in [2.24, 2.45) is 0 Å². The highest BCUT2D eigenvalue weighted by Crippen LogP contribution is 2.16. The summed E-state index contributed by atoms with van der Waals surface area (Å²) in [5.41, 5.74) is 0.277. The predicted octanol–water partition coefficient (Wildman–Crippen LogP) is 3.81. The number of nitrogens with one attached hydrogen (secondary N) is 1. The highest BCUT2D eigenvalue weighted by Gasteiger charge is 2.15. The lowest BCUT2D eigenvalue weighted by Gasteiger charge is -2.27. The number of unbranched alkanes of at least 4 members (excludes halogenated alkanes) is 2. The van der Waals surface area contributed by atoms with Gasteiger partial charge in [0.1, 0.15) is 0 Å². The van der Waals surface area contributed by atoms with E-state index in [1.54, 1.807) is 0 Å². The molecule has 2 nitrogen and oxygen atoms in total. The number of rotatable bonds is 6. The van der Waals surface area contributed by atoms with Gasteiger partial charge in [-0.2, -0.15) is 0 Å². The zero-order chi connectivity index (χ0) is 13.4. The molecule has 1 rings (SSSR count). The van der Waals surface area contributed by atoms with Crippen LogP contribution in [0.4, 0.5) is 0 Å². The van der Waals surface area contributed by atoms with E-state index in [0.717, 1.165) is 6.04 Å². The Labute approximate surface area is 115 Å². The van der Waals surface area contributed by atoms with Crippen LogP contribution in [0.15, 0.2) is 0 Å². The molecule has 1 unspecified atom stereocenters. The third-order valence-electron chi connectivity index (χ3n) is 3.97. The van der Waals surface area contributed by atoms with Crippen LogP contribution in [0.1, 0.15) is 72.6 Å². The Morgan fingerprint density at radius 2 is 1.83 bits per heavy atom. The van der Waals surface area contributed by atoms with Crippen molar-refractivity contribution in [1.29, 1.82) is 0 Å². The van der Waals surface area contributed by atoms with Gasteiger partial charge >= 0.3 is 0 Å². The fraction of sp³-hybridized carbons (Fsp3) is 1.00. The lowest BCUT2D eigenvalue weighted by atomic mass is 10.1. The van der Waals surface area contributed by atoms with Gasteiger partial charge in [-0.1, -0.05) is 19.3 Å². The second kappa shape index (κ2) is 8.16. The number of likely N-dealkylation sites (tertiary alicyclic amines) is 1. The summed E-state index contributed by atoms with van der Waals surface area (Å²) < 4.78 is 0. The van der Waals surface area contributed by atoms with Gasteiger partial charge in [-0.15, -0.1) is 0 Å². The minimum Gasteiger partial charge on any atom is -0.312 e. The van der Waals surface area contributed by atoms with Crippen LogP contribution in [-0.4, -0.2) is 36.1 Å². The third kappa shape index (κ3) is 7.38. The van der Waals surface area contributed by atoms with E-state index in [2.05, 4.69) is 37.9 Å².